The number of amides is 1. The van der Waals surface area contributed by atoms with E-state index in [0.29, 0.717) is 17.3 Å². The number of rotatable bonds is 5. The minimum Gasteiger partial charge on any atom is -0.338 e. The van der Waals surface area contributed by atoms with Gasteiger partial charge >= 0.3 is 0 Å². The van der Waals surface area contributed by atoms with E-state index in [2.05, 4.69) is 26.1 Å². The van der Waals surface area contributed by atoms with E-state index in [1.807, 2.05) is 13.8 Å². The predicted molar refractivity (Wildman–Crippen MR) is 84.0 cm³/mol. The van der Waals surface area contributed by atoms with Gasteiger partial charge < -0.3 is 4.90 Å². The SMILES string of the molecule is CCn1cc(Cl)c(CN(C)C(=O)Cn2ncc(Br)c2C)n1. The molecule has 6 nitrogen and oxygen atoms in total. The molecule has 0 N–H and O–H groups in total. The van der Waals surface area contributed by atoms with Crippen LogP contribution in [0.1, 0.15) is 18.3 Å². The van der Waals surface area contributed by atoms with Crippen molar-refractivity contribution in [1.82, 2.24) is 24.5 Å². The first kappa shape index (κ1) is 16.0. The van der Waals surface area contributed by atoms with E-state index in [9.17, 15) is 4.79 Å². The molecule has 0 unspecified atom stereocenters. The summed E-state index contributed by atoms with van der Waals surface area (Å²) in [6.07, 6.45) is 3.45. The van der Waals surface area contributed by atoms with Crippen molar-refractivity contribution >= 4 is 33.4 Å². The topological polar surface area (TPSA) is 56.0 Å². The molecular weight excluding hydrogens is 358 g/mol. The summed E-state index contributed by atoms with van der Waals surface area (Å²) in [6, 6.07) is 0. The van der Waals surface area contributed by atoms with Crippen LogP contribution in [0.15, 0.2) is 16.9 Å². The molecule has 114 valence electrons. The maximum atomic E-state index is 12.2. The van der Waals surface area contributed by atoms with Gasteiger partial charge in [0.1, 0.15) is 12.2 Å². The highest BCUT2D eigenvalue weighted by Gasteiger charge is 2.16. The summed E-state index contributed by atoms with van der Waals surface area (Å²) < 4.78 is 4.31. The van der Waals surface area contributed by atoms with Crippen molar-refractivity contribution in [2.45, 2.75) is 33.5 Å². The molecule has 0 aliphatic carbocycles. The van der Waals surface area contributed by atoms with Gasteiger partial charge in [-0.1, -0.05) is 11.6 Å². The van der Waals surface area contributed by atoms with Gasteiger partial charge in [-0.15, -0.1) is 0 Å². The van der Waals surface area contributed by atoms with E-state index in [0.717, 1.165) is 16.7 Å². The molecule has 0 saturated carbocycles. The number of aryl methyl sites for hydroxylation is 1. The Labute approximate surface area is 136 Å². The van der Waals surface area contributed by atoms with Crippen molar-refractivity contribution < 1.29 is 4.79 Å². The van der Waals surface area contributed by atoms with Crippen LogP contribution in [0, 0.1) is 6.92 Å². The Morgan fingerprint density at radius 2 is 2.24 bits per heavy atom. The second kappa shape index (κ2) is 6.62. The maximum Gasteiger partial charge on any atom is 0.244 e. The van der Waals surface area contributed by atoms with E-state index in [4.69, 9.17) is 11.6 Å². The van der Waals surface area contributed by atoms with Crippen molar-refractivity contribution in [2.24, 2.45) is 0 Å². The molecule has 1 amide bonds. The van der Waals surface area contributed by atoms with Crippen LogP contribution in [-0.4, -0.2) is 37.4 Å². The molecule has 0 aliphatic heterocycles. The van der Waals surface area contributed by atoms with E-state index in [1.54, 1.807) is 33.7 Å². The molecule has 0 aromatic carbocycles. The number of carbonyl (C=O) groups excluding carboxylic acids is 1. The number of nitrogens with zero attached hydrogens (tertiary/aromatic N) is 5. The van der Waals surface area contributed by atoms with Crippen LogP contribution < -0.4 is 0 Å². The van der Waals surface area contributed by atoms with E-state index in [-0.39, 0.29) is 12.5 Å². The molecule has 2 rings (SSSR count). The van der Waals surface area contributed by atoms with Gasteiger partial charge in [0.2, 0.25) is 5.91 Å². The highest BCUT2D eigenvalue weighted by molar-refractivity contribution is 9.10. The lowest BCUT2D eigenvalue weighted by Crippen LogP contribution is -2.30. The lowest BCUT2D eigenvalue weighted by Gasteiger charge is -2.16. The van der Waals surface area contributed by atoms with E-state index in [1.165, 1.54) is 0 Å². The molecule has 21 heavy (non-hydrogen) atoms. The fraction of sp³-hybridized carbons (Fsp3) is 0.462. The molecule has 0 fully saturated rings. The number of halogens is 2. The number of carbonyl (C=O) groups is 1. The van der Waals surface area contributed by atoms with Gasteiger partial charge in [0.25, 0.3) is 0 Å². The summed E-state index contributed by atoms with van der Waals surface area (Å²) in [7, 11) is 1.73. The lowest BCUT2D eigenvalue weighted by atomic mass is 10.4. The van der Waals surface area contributed by atoms with Gasteiger partial charge in [0, 0.05) is 19.8 Å². The summed E-state index contributed by atoms with van der Waals surface area (Å²) in [6.45, 7) is 5.22. The molecule has 8 heteroatoms. The van der Waals surface area contributed by atoms with E-state index < -0.39 is 0 Å². The molecular formula is C13H17BrClN5O. The molecule has 0 aliphatic rings. The number of likely N-dealkylation sites (N-methyl/N-ethyl adjacent to an activating group) is 1. The molecule has 0 radical (unpaired) electrons. The standard InChI is InChI=1S/C13H17BrClN5O/c1-4-19-6-11(15)12(17-19)7-18(3)13(21)8-20-9(2)10(14)5-16-20/h5-6H,4,7-8H2,1-3H3. The number of hydrogen-bond donors (Lipinski definition) is 0. The van der Waals surface area contributed by atoms with Crippen molar-refractivity contribution in [3.05, 3.63) is 33.3 Å². The summed E-state index contributed by atoms with van der Waals surface area (Å²) in [5, 5.41) is 9.07. The van der Waals surface area contributed by atoms with Gasteiger partial charge in [-0.2, -0.15) is 10.2 Å². The maximum absolute atomic E-state index is 12.2. The Kier molecular flexibility index (Phi) is 5.05. The first-order valence-corrected chi connectivity index (χ1v) is 7.73. The van der Waals surface area contributed by atoms with Crippen LogP contribution in [0.25, 0.3) is 0 Å². The zero-order chi connectivity index (χ0) is 15.6. The molecule has 0 spiro atoms. The van der Waals surface area contributed by atoms with Crippen LogP contribution >= 0.6 is 27.5 Å². The fourth-order valence-electron chi connectivity index (χ4n) is 1.85. The third-order valence-electron chi connectivity index (χ3n) is 3.25. The summed E-state index contributed by atoms with van der Waals surface area (Å²) >= 11 is 9.49. The average Bonchev–Trinajstić information content (AvgIpc) is 2.96. The Morgan fingerprint density at radius 1 is 1.52 bits per heavy atom. The Bertz CT molecular complexity index is 651. The second-order valence-corrected chi connectivity index (χ2v) is 6.03. The molecule has 0 bridgehead atoms. The van der Waals surface area contributed by atoms with Gasteiger partial charge in [-0.05, 0) is 29.8 Å². The Balaban J connectivity index is 2.02. The van der Waals surface area contributed by atoms with Gasteiger partial charge in [-0.3, -0.25) is 14.2 Å². The molecule has 0 atom stereocenters. The minimum atomic E-state index is -0.0455. The minimum absolute atomic E-state index is 0.0455. The first-order valence-electron chi connectivity index (χ1n) is 6.56. The van der Waals surface area contributed by atoms with Crippen LogP contribution in [0.5, 0.6) is 0 Å². The lowest BCUT2D eigenvalue weighted by molar-refractivity contribution is -0.131. The smallest absolute Gasteiger partial charge is 0.244 e. The van der Waals surface area contributed by atoms with Crippen LogP contribution in [0.2, 0.25) is 5.02 Å². The van der Waals surface area contributed by atoms with Crippen molar-refractivity contribution in [2.75, 3.05) is 7.05 Å². The van der Waals surface area contributed by atoms with Gasteiger partial charge in [0.05, 0.1) is 27.9 Å². The predicted octanol–water partition coefficient (Wildman–Crippen LogP) is 2.48. The van der Waals surface area contributed by atoms with E-state index >= 15 is 0 Å². The average molecular weight is 375 g/mol. The van der Waals surface area contributed by atoms with Crippen molar-refractivity contribution in [3.63, 3.8) is 0 Å². The largest absolute Gasteiger partial charge is 0.338 e. The summed E-state index contributed by atoms with van der Waals surface area (Å²) in [5.41, 5.74) is 1.62. The summed E-state index contributed by atoms with van der Waals surface area (Å²) in [5.74, 6) is -0.0455. The first-order chi connectivity index (χ1) is 9.92. The van der Waals surface area contributed by atoms with Crippen molar-refractivity contribution in [3.8, 4) is 0 Å². The highest BCUT2D eigenvalue weighted by atomic mass is 79.9. The molecule has 0 saturated heterocycles. The zero-order valence-electron chi connectivity index (χ0n) is 12.2. The number of hydrogen-bond acceptors (Lipinski definition) is 3. The normalized spacial score (nSPS) is 10.9. The second-order valence-electron chi connectivity index (χ2n) is 4.76. The van der Waals surface area contributed by atoms with Gasteiger partial charge in [-0.25, -0.2) is 0 Å². The van der Waals surface area contributed by atoms with Crippen molar-refractivity contribution in [1.29, 1.82) is 0 Å². The highest BCUT2D eigenvalue weighted by Crippen LogP contribution is 2.17. The summed E-state index contributed by atoms with van der Waals surface area (Å²) in [4.78, 5) is 13.8. The monoisotopic (exact) mass is 373 g/mol. The molecule has 2 aromatic heterocycles. The zero-order valence-corrected chi connectivity index (χ0v) is 14.5. The molecule has 2 heterocycles. The third-order valence-corrected chi connectivity index (χ3v) is 4.35. The Morgan fingerprint density at radius 3 is 2.76 bits per heavy atom. The fourth-order valence-corrected chi connectivity index (χ4v) is 2.36. The third kappa shape index (κ3) is 3.65. The Hall–Kier alpha value is -1.34. The quantitative estimate of drug-likeness (QED) is 0.808. The van der Waals surface area contributed by atoms with Gasteiger partial charge in [0.15, 0.2) is 0 Å². The number of aromatic nitrogens is 4. The van der Waals surface area contributed by atoms with Crippen LogP contribution in [0.3, 0.4) is 0 Å². The van der Waals surface area contributed by atoms with Crippen LogP contribution in [0.4, 0.5) is 0 Å². The van der Waals surface area contributed by atoms with Crippen LogP contribution in [-0.2, 0) is 24.4 Å². The molecule has 2 aromatic rings.